The number of nitrogens with one attached hydrogen (secondary N) is 2. The number of hydrogen-bond donors (Lipinski definition) is 2. The quantitative estimate of drug-likeness (QED) is 0.858. The average Bonchev–Trinajstić information content (AvgIpc) is 2.53. The van der Waals surface area contributed by atoms with E-state index in [9.17, 15) is 9.18 Å². The van der Waals surface area contributed by atoms with Crippen LogP contribution in [0.5, 0.6) is 0 Å². The molecule has 3 nitrogen and oxygen atoms in total. The Morgan fingerprint density at radius 3 is 2.33 bits per heavy atom. The summed E-state index contributed by atoms with van der Waals surface area (Å²) in [6.07, 6.45) is 8.07. The molecule has 0 saturated heterocycles. The molecule has 4 saturated carbocycles. The van der Waals surface area contributed by atoms with Crippen LogP contribution in [-0.4, -0.2) is 18.5 Å². The Bertz CT molecular complexity index is 595. The van der Waals surface area contributed by atoms with Crippen molar-refractivity contribution in [3.05, 3.63) is 30.1 Å². The highest BCUT2D eigenvalue weighted by molar-refractivity contribution is 5.81. The number of rotatable bonds is 5. The van der Waals surface area contributed by atoms with Gasteiger partial charge in [-0.05, 0) is 80.8 Å². The van der Waals surface area contributed by atoms with Gasteiger partial charge in [0.25, 0.3) is 0 Å². The molecule has 4 heteroatoms. The van der Waals surface area contributed by atoms with E-state index in [2.05, 4.69) is 17.6 Å². The Morgan fingerprint density at radius 1 is 1.17 bits per heavy atom. The van der Waals surface area contributed by atoms with Crippen LogP contribution in [0.4, 0.5) is 10.1 Å². The SMILES string of the molecule is C[C@H](NC(=O)CNc1ccccc1F)C12CC3CC(CC(C3)C1)C2. The molecular weight excluding hydrogens is 303 g/mol. The van der Waals surface area contributed by atoms with Crippen molar-refractivity contribution in [1.82, 2.24) is 5.32 Å². The minimum atomic E-state index is -0.320. The number of hydrogen-bond acceptors (Lipinski definition) is 2. The normalized spacial score (nSPS) is 34.8. The zero-order valence-corrected chi connectivity index (χ0v) is 14.4. The van der Waals surface area contributed by atoms with Gasteiger partial charge in [0.2, 0.25) is 5.91 Å². The molecule has 4 aliphatic carbocycles. The van der Waals surface area contributed by atoms with Gasteiger partial charge in [-0.25, -0.2) is 4.39 Å². The van der Waals surface area contributed by atoms with Crippen molar-refractivity contribution in [3.8, 4) is 0 Å². The minimum absolute atomic E-state index is 0.0403. The van der Waals surface area contributed by atoms with Gasteiger partial charge < -0.3 is 10.6 Å². The number of halogens is 1. The monoisotopic (exact) mass is 330 g/mol. The number of carbonyl (C=O) groups is 1. The summed E-state index contributed by atoms with van der Waals surface area (Å²) in [6.45, 7) is 2.30. The van der Waals surface area contributed by atoms with E-state index >= 15 is 0 Å². The summed E-state index contributed by atoms with van der Waals surface area (Å²) in [5, 5.41) is 6.11. The van der Waals surface area contributed by atoms with E-state index < -0.39 is 0 Å². The van der Waals surface area contributed by atoms with Crippen LogP contribution in [0.15, 0.2) is 24.3 Å². The van der Waals surface area contributed by atoms with Gasteiger partial charge in [0.1, 0.15) is 5.82 Å². The van der Waals surface area contributed by atoms with E-state index in [1.54, 1.807) is 18.2 Å². The Morgan fingerprint density at radius 2 is 1.75 bits per heavy atom. The van der Waals surface area contributed by atoms with E-state index in [1.807, 2.05) is 0 Å². The highest BCUT2D eigenvalue weighted by atomic mass is 19.1. The van der Waals surface area contributed by atoms with Gasteiger partial charge in [0.05, 0.1) is 12.2 Å². The van der Waals surface area contributed by atoms with Gasteiger partial charge in [0.15, 0.2) is 0 Å². The van der Waals surface area contributed by atoms with Crippen LogP contribution in [0.2, 0.25) is 0 Å². The van der Waals surface area contributed by atoms with E-state index in [-0.39, 0.29) is 24.3 Å². The van der Waals surface area contributed by atoms with E-state index in [1.165, 1.54) is 44.6 Å². The summed E-state index contributed by atoms with van der Waals surface area (Å²) in [5.74, 6) is 2.28. The van der Waals surface area contributed by atoms with Gasteiger partial charge in [0, 0.05) is 6.04 Å². The molecule has 24 heavy (non-hydrogen) atoms. The Labute approximate surface area is 143 Å². The van der Waals surface area contributed by atoms with Gasteiger partial charge >= 0.3 is 0 Å². The van der Waals surface area contributed by atoms with Crippen LogP contribution in [0.25, 0.3) is 0 Å². The Hall–Kier alpha value is -1.58. The standard InChI is InChI=1S/C20H27FN2O/c1-13(20-9-14-6-15(10-20)8-16(7-14)11-20)23-19(24)12-22-18-5-3-2-4-17(18)21/h2-5,13-16,22H,6-12H2,1H3,(H,23,24)/t13-,14?,15?,16?,20?/m0/s1. The third-order valence-electron chi connectivity index (χ3n) is 6.69. The number of amides is 1. The van der Waals surface area contributed by atoms with Gasteiger partial charge in [-0.15, -0.1) is 0 Å². The third kappa shape index (κ3) is 2.91. The van der Waals surface area contributed by atoms with Gasteiger partial charge in [-0.2, -0.15) is 0 Å². The predicted octanol–water partition coefficient (Wildman–Crippen LogP) is 3.96. The van der Waals surface area contributed by atoms with Crippen LogP contribution in [0.1, 0.15) is 45.4 Å². The number of carbonyl (C=O) groups excluding carboxylic acids is 1. The molecular formula is C20H27FN2O. The number of para-hydroxylation sites is 1. The lowest BCUT2D eigenvalue weighted by Gasteiger charge is -2.59. The maximum absolute atomic E-state index is 13.6. The Balaban J connectivity index is 1.35. The summed E-state index contributed by atoms with van der Waals surface area (Å²) in [4.78, 5) is 12.3. The molecule has 0 heterocycles. The topological polar surface area (TPSA) is 41.1 Å². The average molecular weight is 330 g/mol. The smallest absolute Gasteiger partial charge is 0.239 e. The van der Waals surface area contributed by atoms with Crippen LogP contribution in [-0.2, 0) is 4.79 Å². The largest absolute Gasteiger partial charge is 0.374 e. The number of anilines is 1. The molecule has 5 rings (SSSR count). The highest BCUT2D eigenvalue weighted by Gasteiger charge is 2.53. The molecule has 0 aromatic heterocycles. The molecule has 4 fully saturated rings. The summed E-state index contributed by atoms with van der Waals surface area (Å²) < 4.78 is 13.6. The molecule has 0 aliphatic heterocycles. The summed E-state index contributed by atoms with van der Waals surface area (Å²) >= 11 is 0. The van der Waals surface area contributed by atoms with Gasteiger partial charge in [-0.3, -0.25) is 4.79 Å². The van der Waals surface area contributed by atoms with Crippen molar-refractivity contribution < 1.29 is 9.18 Å². The highest BCUT2D eigenvalue weighted by Crippen LogP contribution is 2.61. The lowest BCUT2D eigenvalue weighted by atomic mass is 9.48. The third-order valence-corrected chi connectivity index (χ3v) is 6.69. The van der Waals surface area contributed by atoms with Crippen molar-refractivity contribution in [3.63, 3.8) is 0 Å². The lowest BCUT2D eigenvalue weighted by molar-refractivity contribution is -0.124. The molecule has 0 radical (unpaired) electrons. The molecule has 1 aromatic carbocycles. The Kier molecular flexibility index (Phi) is 4.01. The summed E-state index contributed by atoms with van der Waals surface area (Å²) in [7, 11) is 0. The first-order valence-electron chi connectivity index (χ1n) is 9.32. The molecule has 130 valence electrons. The van der Waals surface area contributed by atoms with Crippen molar-refractivity contribution in [2.75, 3.05) is 11.9 Å². The van der Waals surface area contributed by atoms with E-state index in [4.69, 9.17) is 0 Å². The zero-order valence-electron chi connectivity index (χ0n) is 14.4. The van der Waals surface area contributed by atoms with Crippen LogP contribution in [0, 0.1) is 29.0 Å². The van der Waals surface area contributed by atoms with Crippen molar-refractivity contribution in [1.29, 1.82) is 0 Å². The predicted molar refractivity (Wildman–Crippen MR) is 93.1 cm³/mol. The fourth-order valence-corrected chi connectivity index (χ4v) is 5.93. The maximum Gasteiger partial charge on any atom is 0.239 e. The van der Waals surface area contributed by atoms with E-state index in [0.717, 1.165) is 17.8 Å². The molecule has 4 aliphatic rings. The lowest BCUT2D eigenvalue weighted by Crippen LogP contribution is -2.56. The second-order valence-electron chi connectivity index (χ2n) is 8.40. The number of benzene rings is 1. The molecule has 0 unspecified atom stereocenters. The summed E-state index contributed by atoms with van der Waals surface area (Å²) in [6, 6.07) is 6.68. The molecule has 1 aromatic rings. The molecule has 2 N–H and O–H groups in total. The van der Waals surface area contributed by atoms with Crippen molar-refractivity contribution in [2.24, 2.45) is 23.2 Å². The second kappa shape index (κ2) is 6.05. The first-order valence-corrected chi connectivity index (χ1v) is 9.32. The van der Waals surface area contributed by atoms with Crippen LogP contribution < -0.4 is 10.6 Å². The zero-order chi connectivity index (χ0) is 16.7. The molecule has 4 bridgehead atoms. The summed E-state index contributed by atoms with van der Waals surface area (Å²) in [5.41, 5.74) is 0.692. The fourth-order valence-electron chi connectivity index (χ4n) is 5.93. The first-order chi connectivity index (χ1) is 11.5. The first kappa shape index (κ1) is 15.9. The van der Waals surface area contributed by atoms with Crippen molar-refractivity contribution in [2.45, 2.75) is 51.5 Å². The van der Waals surface area contributed by atoms with Crippen molar-refractivity contribution >= 4 is 11.6 Å². The van der Waals surface area contributed by atoms with E-state index in [0.29, 0.717) is 11.1 Å². The fraction of sp³-hybridized carbons (Fsp3) is 0.650. The maximum atomic E-state index is 13.6. The molecule has 1 amide bonds. The van der Waals surface area contributed by atoms with Gasteiger partial charge in [-0.1, -0.05) is 12.1 Å². The molecule has 0 spiro atoms. The second-order valence-corrected chi connectivity index (χ2v) is 8.40. The minimum Gasteiger partial charge on any atom is -0.374 e. The van der Waals surface area contributed by atoms with Crippen LogP contribution >= 0.6 is 0 Å². The molecule has 1 atom stereocenters. The van der Waals surface area contributed by atoms with Crippen LogP contribution in [0.3, 0.4) is 0 Å².